The number of aromatic nitrogens is 2. The van der Waals surface area contributed by atoms with E-state index in [1.807, 2.05) is 0 Å². The van der Waals surface area contributed by atoms with E-state index < -0.39 is 40.4 Å². The summed E-state index contributed by atoms with van der Waals surface area (Å²) >= 11 is 1.78. The van der Waals surface area contributed by atoms with Gasteiger partial charge in [-0.15, -0.1) is 0 Å². The molecule has 0 unspecified atom stereocenters. The molecule has 0 bridgehead atoms. The molecule has 5 rings (SSSR count). The van der Waals surface area contributed by atoms with Gasteiger partial charge in [-0.05, 0) is 71.8 Å². The predicted octanol–water partition coefficient (Wildman–Crippen LogP) is 5.91. The number of ether oxygens (including phenoxy) is 1. The SMILES string of the molecule is O=C(Nc1cc(Oc2cc(F)c(N(C(=O)c3c(I)cc[nH]c3=O)c3ccc(F)cc3)cc2F)ccn1)C1CC1. The van der Waals surface area contributed by atoms with E-state index in [4.69, 9.17) is 4.74 Å². The molecule has 1 fully saturated rings. The van der Waals surface area contributed by atoms with Gasteiger partial charge in [-0.25, -0.2) is 18.2 Å². The van der Waals surface area contributed by atoms with E-state index >= 15 is 8.78 Å². The van der Waals surface area contributed by atoms with Gasteiger partial charge in [0, 0.05) is 45.8 Å². The first-order valence-corrected chi connectivity index (χ1v) is 12.7. The van der Waals surface area contributed by atoms with E-state index in [-0.39, 0.29) is 38.2 Å². The van der Waals surface area contributed by atoms with Crippen LogP contribution in [0.1, 0.15) is 23.2 Å². The fraction of sp³-hybridized carbons (Fsp3) is 0.111. The highest BCUT2D eigenvalue weighted by Crippen LogP contribution is 2.36. The van der Waals surface area contributed by atoms with Crippen LogP contribution >= 0.6 is 22.6 Å². The molecule has 2 aromatic carbocycles. The van der Waals surface area contributed by atoms with Gasteiger partial charge in [-0.1, -0.05) is 0 Å². The highest BCUT2D eigenvalue weighted by atomic mass is 127. The van der Waals surface area contributed by atoms with Gasteiger partial charge in [0.25, 0.3) is 11.5 Å². The Bertz CT molecular complexity index is 1640. The van der Waals surface area contributed by atoms with Crippen LogP contribution in [0.15, 0.2) is 71.8 Å². The third kappa shape index (κ3) is 5.79. The van der Waals surface area contributed by atoms with Crippen LogP contribution in [0.5, 0.6) is 11.5 Å². The molecule has 12 heteroatoms. The Morgan fingerprint density at radius 3 is 2.46 bits per heavy atom. The van der Waals surface area contributed by atoms with Crippen molar-refractivity contribution in [3.63, 3.8) is 0 Å². The van der Waals surface area contributed by atoms with Gasteiger partial charge in [0.05, 0.1) is 5.69 Å². The summed E-state index contributed by atoms with van der Waals surface area (Å²) in [5, 5.41) is 2.64. The molecule has 0 aliphatic heterocycles. The number of hydrogen-bond acceptors (Lipinski definition) is 5. The summed E-state index contributed by atoms with van der Waals surface area (Å²) in [5.74, 6) is -4.11. The maximum atomic E-state index is 15.5. The Kier molecular flexibility index (Phi) is 7.37. The van der Waals surface area contributed by atoms with Crippen LogP contribution < -0.4 is 20.5 Å². The highest BCUT2D eigenvalue weighted by molar-refractivity contribution is 14.1. The number of nitrogens with one attached hydrogen (secondary N) is 2. The Morgan fingerprint density at radius 1 is 1.03 bits per heavy atom. The van der Waals surface area contributed by atoms with Gasteiger partial charge in [0.1, 0.15) is 22.9 Å². The van der Waals surface area contributed by atoms with Crippen LogP contribution in [0.2, 0.25) is 0 Å². The van der Waals surface area contributed by atoms with Crippen molar-refractivity contribution in [1.29, 1.82) is 0 Å². The molecule has 0 saturated heterocycles. The average Bonchev–Trinajstić information content (AvgIpc) is 3.74. The van der Waals surface area contributed by atoms with Crippen molar-refractivity contribution in [2.45, 2.75) is 12.8 Å². The lowest BCUT2D eigenvalue weighted by atomic mass is 10.1. The number of rotatable bonds is 7. The monoisotopic (exact) mass is 646 g/mol. The minimum absolute atomic E-state index is 0.00222. The maximum Gasteiger partial charge on any atom is 0.269 e. The van der Waals surface area contributed by atoms with Crippen LogP contribution in [-0.2, 0) is 4.79 Å². The van der Waals surface area contributed by atoms with Crippen LogP contribution in [-0.4, -0.2) is 21.8 Å². The van der Waals surface area contributed by atoms with Crippen LogP contribution in [0.4, 0.5) is 30.4 Å². The number of carbonyl (C=O) groups excluding carboxylic acids is 2. The van der Waals surface area contributed by atoms with E-state index in [1.165, 1.54) is 42.7 Å². The molecule has 1 saturated carbocycles. The molecule has 0 radical (unpaired) electrons. The molecule has 2 aromatic heterocycles. The Hall–Kier alpha value is -4.20. The van der Waals surface area contributed by atoms with Crippen molar-refractivity contribution in [3.8, 4) is 11.5 Å². The number of anilines is 3. The standard InChI is InChI=1S/C27H18F3IN4O4/c28-15-3-5-16(6-4-15)35(27(38)24-20(31)8-10-33-26(24)37)21-12-19(30)22(13-18(21)29)39-17-7-9-32-23(11-17)34-25(36)14-1-2-14/h3-14H,1-2H2,(H,33,37)(H,32,34,36). The molecule has 39 heavy (non-hydrogen) atoms. The summed E-state index contributed by atoms with van der Waals surface area (Å²) in [6, 6.07) is 10.2. The van der Waals surface area contributed by atoms with Crippen LogP contribution in [0.3, 0.4) is 0 Å². The summed E-state index contributed by atoms with van der Waals surface area (Å²) in [5.41, 5.74) is -1.57. The van der Waals surface area contributed by atoms with Gasteiger partial charge < -0.3 is 15.0 Å². The van der Waals surface area contributed by atoms with Crippen molar-refractivity contribution in [2.24, 2.45) is 5.92 Å². The first kappa shape index (κ1) is 26.4. The molecule has 4 aromatic rings. The smallest absolute Gasteiger partial charge is 0.269 e. The van der Waals surface area contributed by atoms with Gasteiger partial charge in [-0.3, -0.25) is 19.3 Å². The van der Waals surface area contributed by atoms with E-state index in [9.17, 15) is 18.8 Å². The lowest BCUT2D eigenvalue weighted by molar-refractivity contribution is -0.117. The third-order valence-electron chi connectivity index (χ3n) is 5.81. The highest BCUT2D eigenvalue weighted by Gasteiger charge is 2.30. The lowest BCUT2D eigenvalue weighted by Crippen LogP contribution is -2.33. The lowest BCUT2D eigenvalue weighted by Gasteiger charge is -2.24. The van der Waals surface area contributed by atoms with Crippen molar-refractivity contribution in [3.05, 3.63) is 104 Å². The first-order chi connectivity index (χ1) is 18.7. The molecule has 8 nitrogen and oxygen atoms in total. The first-order valence-electron chi connectivity index (χ1n) is 11.6. The van der Waals surface area contributed by atoms with E-state index in [0.29, 0.717) is 0 Å². The molecule has 0 spiro atoms. The molecule has 1 aliphatic rings. The van der Waals surface area contributed by atoms with Gasteiger partial charge in [0.15, 0.2) is 17.4 Å². The van der Waals surface area contributed by atoms with Crippen LogP contribution in [0, 0.1) is 26.9 Å². The number of pyridine rings is 2. The Morgan fingerprint density at radius 2 is 1.77 bits per heavy atom. The molecular weight excluding hydrogens is 628 g/mol. The predicted molar refractivity (Wildman–Crippen MR) is 145 cm³/mol. The van der Waals surface area contributed by atoms with Crippen molar-refractivity contribution >= 4 is 51.6 Å². The number of aromatic amines is 1. The van der Waals surface area contributed by atoms with Crippen molar-refractivity contribution < 1.29 is 27.5 Å². The van der Waals surface area contributed by atoms with Gasteiger partial charge in [-0.2, -0.15) is 0 Å². The molecule has 0 atom stereocenters. The number of nitrogens with zero attached hydrogens (tertiary/aromatic N) is 2. The second-order valence-electron chi connectivity index (χ2n) is 8.62. The second-order valence-corrected chi connectivity index (χ2v) is 9.79. The molecule has 2 heterocycles. The molecule has 2 N–H and O–H groups in total. The number of halogens is 4. The fourth-order valence-corrected chi connectivity index (χ4v) is 4.39. The number of H-pyrrole nitrogens is 1. The topological polar surface area (TPSA) is 104 Å². The second kappa shape index (κ2) is 10.9. The van der Waals surface area contributed by atoms with Crippen LogP contribution in [0.25, 0.3) is 0 Å². The Balaban J connectivity index is 1.50. The average molecular weight is 646 g/mol. The van der Waals surface area contributed by atoms with E-state index in [1.54, 1.807) is 22.6 Å². The molecule has 1 aliphatic carbocycles. The van der Waals surface area contributed by atoms with E-state index in [2.05, 4.69) is 15.3 Å². The zero-order valence-electron chi connectivity index (χ0n) is 19.9. The summed E-state index contributed by atoms with van der Waals surface area (Å²) < 4.78 is 50.2. The number of benzene rings is 2. The zero-order chi connectivity index (χ0) is 27.7. The zero-order valence-corrected chi connectivity index (χ0v) is 22.0. The van der Waals surface area contributed by atoms with Crippen molar-refractivity contribution in [2.75, 3.05) is 10.2 Å². The number of carbonyl (C=O) groups is 2. The third-order valence-corrected chi connectivity index (χ3v) is 6.71. The van der Waals surface area contributed by atoms with Gasteiger partial charge >= 0.3 is 0 Å². The summed E-state index contributed by atoms with van der Waals surface area (Å²) in [6.45, 7) is 0. The normalized spacial score (nSPS) is 12.6. The molecule has 2 amide bonds. The fourth-order valence-electron chi connectivity index (χ4n) is 3.73. The number of hydrogen-bond donors (Lipinski definition) is 2. The molecule has 198 valence electrons. The minimum atomic E-state index is -1.05. The minimum Gasteiger partial charge on any atom is -0.454 e. The maximum absolute atomic E-state index is 15.5. The Labute approximate surface area is 233 Å². The quantitative estimate of drug-likeness (QED) is 0.243. The summed E-state index contributed by atoms with van der Waals surface area (Å²) in [7, 11) is 0. The summed E-state index contributed by atoms with van der Waals surface area (Å²) in [4.78, 5) is 45.2. The number of amides is 2. The van der Waals surface area contributed by atoms with Crippen molar-refractivity contribution in [1.82, 2.24) is 9.97 Å². The van der Waals surface area contributed by atoms with E-state index in [0.717, 1.165) is 42.0 Å². The molecular formula is C27H18F3IN4O4. The summed E-state index contributed by atoms with van der Waals surface area (Å²) in [6.07, 6.45) is 4.29. The largest absolute Gasteiger partial charge is 0.454 e. The van der Waals surface area contributed by atoms with Gasteiger partial charge in [0.2, 0.25) is 5.91 Å².